The molecule has 1 aliphatic heterocycles. The maximum atomic E-state index is 14.6. The van der Waals surface area contributed by atoms with Crippen LogP contribution in [0.2, 0.25) is 0 Å². The highest BCUT2D eigenvalue weighted by Gasteiger charge is 2.33. The third-order valence-electron chi connectivity index (χ3n) is 4.59. The Kier molecular flexibility index (Phi) is 5.77. The molecule has 2 heterocycles. The summed E-state index contributed by atoms with van der Waals surface area (Å²) in [6.07, 6.45) is -4.68. The average Bonchev–Trinajstić information content (AvgIpc) is 3.14. The zero-order valence-electron chi connectivity index (χ0n) is 15.8. The van der Waals surface area contributed by atoms with Crippen molar-refractivity contribution < 1.29 is 35.1 Å². The van der Waals surface area contributed by atoms with Crippen LogP contribution in [-0.2, 0) is 16.2 Å². The Morgan fingerprint density at radius 2 is 1.84 bits per heavy atom. The maximum Gasteiger partial charge on any atom is 0.416 e. The molecule has 0 saturated carbocycles. The summed E-state index contributed by atoms with van der Waals surface area (Å²) in [5.74, 6) is -3.96. The van der Waals surface area contributed by atoms with Crippen LogP contribution < -0.4 is 14.8 Å². The highest BCUT2D eigenvalue weighted by molar-refractivity contribution is 7.93. The van der Waals surface area contributed by atoms with Crippen LogP contribution >= 0.6 is 11.3 Å². The lowest BCUT2D eigenvalue weighted by atomic mass is 9.92. The van der Waals surface area contributed by atoms with Crippen molar-refractivity contribution in [3.8, 4) is 11.5 Å². The van der Waals surface area contributed by atoms with Crippen LogP contribution in [0.1, 0.15) is 17.0 Å². The highest BCUT2D eigenvalue weighted by Crippen LogP contribution is 2.37. The molecule has 170 valence electrons. The van der Waals surface area contributed by atoms with Gasteiger partial charge in [0.05, 0.1) is 5.56 Å². The van der Waals surface area contributed by atoms with Gasteiger partial charge in [-0.15, -0.1) is 10.2 Å². The Bertz CT molecular complexity index is 1250. The van der Waals surface area contributed by atoms with Gasteiger partial charge in [0.1, 0.15) is 22.0 Å². The van der Waals surface area contributed by atoms with Gasteiger partial charge < -0.3 is 10.1 Å². The van der Waals surface area contributed by atoms with Crippen molar-refractivity contribution in [2.75, 3.05) is 17.8 Å². The third-order valence-corrected chi connectivity index (χ3v) is 6.68. The lowest BCUT2D eigenvalue weighted by Gasteiger charge is -2.28. The number of hydrogen-bond acceptors (Lipinski definition) is 7. The van der Waals surface area contributed by atoms with E-state index >= 15 is 0 Å². The Balaban J connectivity index is 1.66. The van der Waals surface area contributed by atoms with Crippen LogP contribution in [0.5, 0.6) is 11.5 Å². The molecule has 0 unspecified atom stereocenters. The van der Waals surface area contributed by atoms with Crippen molar-refractivity contribution in [2.45, 2.75) is 17.0 Å². The summed E-state index contributed by atoms with van der Waals surface area (Å²) >= 11 is 0.823. The largest absolute Gasteiger partial charge is 0.454 e. The fourth-order valence-electron chi connectivity index (χ4n) is 2.91. The number of halogens is 5. The van der Waals surface area contributed by atoms with Gasteiger partial charge >= 0.3 is 6.18 Å². The molecular weight excluding hydrogens is 479 g/mol. The van der Waals surface area contributed by atoms with E-state index in [-0.39, 0.29) is 16.8 Å². The Hall–Kier alpha value is -2.84. The summed E-state index contributed by atoms with van der Waals surface area (Å²) in [4.78, 5) is -1.03. The van der Waals surface area contributed by atoms with Crippen molar-refractivity contribution in [3.05, 3.63) is 58.6 Å². The monoisotopic (exact) mass is 492 g/mol. The highest BCUT2D eigenvalue weighted by atomic mass is 32.2. The third kappa shape index (κ3) is 4.66. The van der Waals surface area contributed by atoms with Gasteiger partial charge in [-0.1, -0.05) is 11.3 Å². The number of benzene rings is 2. The van der Waals surface area contributed by atoms with Crippen LogP contribution in [0.25, 0.3) is 0 Å². The zero-order chi connectivity index (χ0) is 23.1. The molecule has 0 aliphatic carbocycles. The van der Waals surface area contributed by atoms with E-state index in [0.29, 0.717) is 36.9 Å². The SMILES string of the molecule is O=S(=O)(Nc1nncs1)c1cc(F)c(Oc2cc(C3CNC3)cc(C(F)(F)F)c2)cc1F. The van der Waals surface area contributed by atoms with E-state index in [0.717, 1.165) is 17.4 Å². The second kappa shape index (κ2) is 8.26. The number of nitrogens with one attached hydrogen (secondary N) is 2. The topological polar surface area (TPSA) is 93.2 Å². The number of sulfonamides is 1. The zero-order valence-corrected chi connectivity index (χ0v) is 17.4. The van der Waals surface area contributed by atoms with Gasteiger partial charge in [-0.2, -0.15) is 13.2 Å². The lowest BCUT2D eigenvalue weighted by Crippen LogP contribution is -2.39. The number of anilines is 1. The van der Waals surface area contributed by atoms with Gasteiger partial charge in [-0.25, -0.2) is 17.2 Å². The predicted octanol–water partition coefficient (Wildman–Crippen LogP) is 4.12. The summed E-state index contributed by atoms with van der Waals surface area (Å²) in [6, 6.07) is 3.77. The lowest BCUT2D eigenvalue weighted by molar-refractivity contribution is -0.137. The van der Waals surface area contributed by atoms with Crippen molar-refractivity contribution in [1.82, 2.24) is 15.5 Å². The quantitative estimate of drug-likeness (QED) is 0.503. The van der Waals surface area contributed by atoms with Gasteiger partial charge in [-0.05, 0) is 23.8 Å². The number of aromatic nitrogens is 2. The normalized spacial score (nSPS) is 14.8. The molecule has 14 heteroatoms. The minimum Gasteiger partial charge on any atom is -0.454 e. The van der Waals surface area contributed by atoms with Crippen LogP contribution in [0.3, 0.4) is 0 Å². The molecule has 0 radical (unpaired) electrons. The van der Waals surface area contributed by atoms with E-state index < -0.39 is 44.0 Å². The molecule has 0 atom stereocenters. The van der Waals surface area contributed by atoms with Crippen molar-refractivity contribution in [1.29, 1.82) is 0 Å². The number of nitrogens with zero attached hydrogens (tertiary/aromatic N) is 2. The van der Waals surface area contributed by atoms with E-state index in [9.17, 15) is 30.4 Å². The first-order chi connectivity index (χ1) is 15.0. The van der Waals surface area contributed by atoms with Gasteiger partial charge in [0.2, 0.25) is 5.13 Å². The molecule has 1 aliphatic rings. The van der Waals surface area contributed by atoms with Gasteiger partial charge in [0, 0.05) is 31.1 Å². The molecule has 4 rings (SSSR count). The fraction of sp³-hybridized carbons (Fsp3) is 0.222. The van der Waals surface area contributed by atoms with Crippen molar-refractivity contribution >= 4 is 26.5 Å². The number of alkyl halides is 3. The summed E-state index contributed by atoms with van der Waals surface area (Å²) in [7, 11) is -4.53. The Morgan fingerprint density at radius 3 is 2.44 bits per heavy atom. The smallest absolute Gasteiger partial charge is 0.416 e. The first-order valence-electron chi connectivity index (χ1n) is 8.92. The number of ether oxygens (including phenoxy) is 1. The summed E-state index contributed by atoms with van der Waals surface area (Å²) < 4.78 is 101. The first kappa shape index (κ1) is 22.4. The van der Waals surface area contributed by atoms with E-state index in [1.165, 1.54) is 11.6 Å². The molecule has 1 saturated heterocycles. The molecule has 7 nitrogen and oxygen atoms in total. The Morgan fingerprint density at radius 1 is 1.09 bits per heavy atom. The number of rotatable bonds is 6. The van der Waals surface area contributed by atoms with Gasteiger partial charge in [-0.3, -0.25) is 4.72 Å². The average molecular weight is 492 g/mol. The Labute approximate surface area is 182 Å². The number of hydrogen-bond donors (Lipinski definition) is 2. The van der Waals surface area contributed by atoms with Crippen LogP contribution in [0.4, 0.5) is 27.1 Å². The van der Waals surface area contributed by atoms with Crippen LogP contribution in [0, 0.1) is 11.6 Å². The van der Waals surface area contributed by atoms with E-state index in [1.54, 1.807) is 0 Å². The summed E-state index contributed by atoms with van der Waals surface area (Å²) in [5, 5.41) is 9.66. The molecule has 1 fully saturated rings. The molecule has 1 aromatic heterocycles. The van der Waals surface area contributed by atoms with Crippen molar-refractivity contribution in [2.24, 2.45) is 0 Å². The van der Waals surface area contributed by atoms with E-state index in [1.807, 2.05) is 4.72 Å². The second-order valence-electron chi connectivity index (χ2n) is 6.81. The molecule has 0 bridgehead atoms. The van der Waals surface area contributed by atoms with E-state index in [2.05, 4.69) is 15.5 Å². The minimum atomic E-state index is -4.68. The second-order valence-corrected chi connectivity index (χ2v) is 9.29. The maximum absolute atomic E-state index is 14.6. The molecule has 32 heavy (non-hydrogen) atoms. The van der Waals surface area contributed by atoms with Crippen LogP contribution in [-0.4, -0.2) is 31.7 Å². The van der Waals surface area contributed by atoms with Crippen molar-refractivity contribution in [3.63, 3.8) is 0 Å². The van der Waals surface area contributed by atoms with Crippen LogP contribution in [0.15, 0.2) is 40.7 Å². The molecule has 3 aromatic rings. The fourth-order valence-corrected chi connectivity index (χ4v) is 4.68. The summed E-state index contributed by atoms with van der Waals surface area (Å²) in [6.45, 7) is 0.940. The standard InChI is InChI=1S/C18H13F5N4O3S2/c19-13-5-16(32(28,29)27-17-26-25-8-31-17)14(20)4-15(13)30-12-2-9(10-6-24-7-10)1-11(3-12)18(21,22)23/h1-5,8,10,24H,6-7H2,(H,26,27). The predicted molar refractivity (Wildman–Crippen MR) is 104 cm³/mol. The van der Waals surface area contributed by atoms with Gasteiger partial charge in [0.25, 0.3) is 10.0 Å². The molecule has 2 N–H and O–H groups in total. The molecule has 0 spiro atoms. The molecular formula is C18H13F5N4O3S2. The first-order valence-corrected chi connectivity index (χ1v) is 11.3. The molecule has 0 amide bonds. The van der Waals surface area contributed by atoms with Gasteiger partial charge in [0.15, 0.2) is 11.6 Å². The molecule has 2 aromatic carbocycles. The minimum absolute atomic E-state index is 0.160. The van der Waals surface area contributed by atoms with E-state index in [4.69, 9.17) is 4.74 Å². The summed E-state index contributed by atoms with van der Waals surface area (Å²) in [5.41, 5.74) is 0.558.